The van der Waals surface area contributed by atoms with Crippen molar-refractivity contribution in [2.45, 2.75) is 17.6 Å². The summed E-state index contributed by atoms with van der Waals surface area (Å²) in [5.41, 5.74) is 1.31. The van der Waals surface area contributed by atoms with E-state index in [1.54, 1.807) is 48.6 Å². The van der Waals surface area contributed by atoms with Crippen molar-refractivity contribution in [3.8, 4) is 0 Å². The first kappa shape index (κ1) is 15.6. The number of rotatable bonds is 4. The van der Waals surface area contributed by atoms with Crippen LogP contribution in [0, 0.1) is 6.92 Å². The summed E-state index contributed by atoms with van der Waals surface area (Å²) in [6, 6.07) is 6.56. The van der Waals surface area contributed by atoms with Gasteiger partial charge in [0.15, 0.2) is 0 Å². The molecule has 0 aromatic heterocycles. The topological polar surface area (TPSA) is 65.0 Å². The molecule has 1 aromatic carbocycles. The highest BCUT2D eigenvalue weighted by Crippen LogP contribution is 2.20. The van der Waals surface area contributed by atoms with Crippen LogP contribution in [-0.2, 0) is 19.5 Å². The van der Waals surface area contributed by atoms with Gasteiger partial charge in [0, 0.05) is 14.2 Å². The zero-order valence-electron chi connectivity index (χ0n) is 12.1. The highest BCUT2D eigenvalue weighted by Gasteiger charge is 2.25. The van der Waals surface area contributed by atoms with Gasteiger partial charge in [-0.05, 0) is 43.4 Å². The molecule has 5 nitrogen and oxygen atoms in total. The lowest BCUT2D eigenvalue weighted by molar-refractivity contribution is -0.133. The first-order chi connectivity index (χ1) is 9.91. The van der Waals surface area contributed by atoms with Crippen molar-refractivity contribution in [3.63, 3.8) is 0 Å². The molecule has 1 aromatic rings. The molecule has 0 saturated heterocycles. The van der Waals surface area contributed by atoms with Crippen LogP contribution in [0.3, 0.4) is 0 Å². The highest BCUT2D eigenvalue weighted by molar-refractivity contribution is 7.90. The SMILES string of the molecule is COC1(OC)C=CC(=NS(=O)(=O)c2ccc(C)cc2)C=C1. The van der Waals surface area contributed by atoms with Gasteiger partial charge in [-0.25, -0.2) is 0 Å². The van der Waals surface area contributed by atoms with Crippen molar-refractivity contribution >= 4 is 15.7 Å². The molecule has 0 radical (unpaired) electrons. The van der Waals surface area contributed by atoms with E-state index in [0.29, 0.717) is 5.71 Å². The Labute approximate surface area is 124 Å². The zero-order valence-corrected chi connectivity index (χ0v) is 12.9. The zero-order chi connectivity index (χ0) is 15.5. The molecular weight excluding hydrogens is 290 g/mol. The summed E-state index contributed by atoms with van der Waals surface area (Å²) in [5, 5.41) is 0. The Bertz CT molecular complexity index is 678. The van der Waals surface area contributed by atoms with Crippen LogP contribution in [0.15, 0.2) is 57.9 Å². The minimum atomic E-state index is -3.72. The molecule has 0 saturated carbocycles. The first-order valence-electron chi connectivity index (χ1n) is 6.31. The minimum Gasteiger partial charge on any atom is -0.346 e. The number of nitrogens with zero attached hydrogens (tertiary/aromatic N) is 1. The monoisotopic (exact) mass is 307 g/mol. The molecule has 21 heavy (non-hydrogen) atoms. The predicted octanol–water partition coefficient (Wildman–Crippen LogP) is 2.24. The Kier molecular flexibility index (Phi) is 4.41. The van der Waals surface area contributed by atoms with Crippen molar-refractivity contribution in [3.05, 3.63) is 54.1 Å². The van der Waals surface area contributed by atoms with E-state index in [-0.39, 0.29) is 4.90 Å². The lowest BCUT2D eigenvalue weighted by atomic mass is 10.1. The third kappa shape index (κ3) is 3.47. The molecule has 0 N–H and O–H groups in total. The lowest BCUT2D eigenvalue weighted by Crippen LogP contribution is -2.30. The van der Waals surface area contributed by atoms with Gasteiger partial charge in [-0.2, -0.15) is 12.8 Å². The second-order valence-electron chi connectivity index (χ2n) is 4.60. The van der Waals surface area contributed by atoms with Gasteiger partial charge in [0.2, 0.25) is 5.79 Å². The van der Waals surface area contributed by atoms with E-state index < -0.39 is 15.8 Å². The highest BCUT2D eigenvalue weighted by atomic mass is 32.2. The molecule has 1 aliphatic rings. The van der Waals surface area contributed by atoms with E-state index in [0.717, 1.165) is 5.56 Å². The van der Waals surface area contributed by atoms with Crippen LogP contribution in [0.2, 0.25) is 0 Å². The number of hydrogen-bond donors (Lipinski definition) is 0. The van der Waals surface area contributed by atoms with E-state index in [9.17, 15) is 8.42 Å². The normalized spacial score (nSPS) is 17.0. The first-order valence-corrected chi connectivity index (χ1v) is 7.75. The van der Waals surface area contributed by atoms with E-state index in [2.05, 4.69) is 4.40 Å². The fraction of sp³-hybridized carbons (Fsp3) is 0.267. The Morgan fingerprint density at radius 3 is 2.00 bits per heavy atom. The van der Waals surface area contributed by atoms with Crippen LogP contribution in [0.5, 0.6) is 0 Å². The van der Waals surface area contributed by atoms with E-state index in [1.165, 1.54) is 14.2 Å². The average molecular weight is 307 g/mol. The van der Waals surface area contributed by atoms with Crippen molar-refractivity contribution in [2.75, 3.05) is 14.2 Å². The number of hydrogen-bond acceptors (Lipinski definition) is 4. The van der Waals surface area contributed by atoms with Crippen LogP contribution in [0.25, 0.3) is 0 Å². The fourth-order valence-corrected chi connectivity index (χ4v) is 2.82. The second-order valence-corrected chi connectivity index (χ2v) is 6.20. The van der Waals surface area contributed by atoms with E-state index in [1.807, 2.05) is 6.92 Å². The molecule has 0 aliphatic heterocycles. The number of benzene rings is 1. The maximum absolute atomic E-state index is 12.2. The standard InChI is InChI=1S/C15H17NO4S/c1-12-4-6-14(7-5-12)21(17,18)16-13-8-10-15(19-2,20-3)11-9-13/h4-11H,1-3H3. The van der Waals surface area contributed by atoms with Gasteiger partial charge in [0.25, 0.3) is 10.0 Å². The molecule has 112 valence electrons. The molecule has 6 heteroatoms. The summed E-state index contributed by atoms with van der Waals surface area (Å²) < 4.78 is 38.6. The fourth-order valence-electron chi connectivity index (χ4n) is 1.83. The summed E-state index contributed by atoms with van der Waals surface area (Å²) >= 11 is 0. The van der Waals surface area contributed by atoms with Crippen LogP contribution >= 0.6 is 0 Å². The number of sulfonamides is 1. The number of methoxy groups -OCH3 is 2. The van der Waals surface area contributed by atoms with Crippen molar-refractivity contribution in [2.24, 2.45) is 4.40 Å². The molecule has 0 unspecified atom stereocenters. The van der Waals surface area contributed by atoms with Crippen molar-refractivity contribution in [1.29, 1.82) is 0 Å². The van der Waals surface area contributed by atoms with E-state index >= 15 is 0 Å². The quantitative estimate of drug-likeness (QED) is 0.800. The van der Waals surface area contributed by atoms with Crippen LogP contribution in [-0.4, -0.2) is 34.1 Å². The van der Waals surface area contributed by atoms with Gasteiger partial charge >= 0.3 is 0 Å². The second kappa shape index (κ2) is 5.93. The smallest absolute Gasteiger partial charge is 0.282 e. The van der Waals surface area contributed by atoms with E-state index in [4.69, 9.17) is 9.47 Å². The Morgan fingerprint density at radius 1 is 1.00 bits per heavy atom. The Hall–Kier alpha value is -1.76. The summed E-state index contributed by atoms with van der Waals surface area (Å²) in [4.78, 5) is 0.165. The molecule has 0 spiro atoms. The maximum Gasteiger partial charge on any atom is 0.282 e. The van der Waals surface area contributed by atoms with Crippen molar-refractivity contribution in [1.82, 2.24) is 0 Å². The molecular formula is C15H17NO4S. The van der Waals surface area contributed by atoms with Gasteiger partial charge in [-0.1, -0.05) is 17.7 Å². The Morgan fingerprint density at radius 2 is 1.52 bits per heavy atom. The van der Waals surface area contributed by atoms with Gasteiger partial charge in [0.1, 0.15) is 0 Å². The van der Waals surface area contributed by atoms with Gasteiger partial charge < -0.3 is 9.47 Å². The molecule has 0 heterocycles. The molecule has 0 fully saturated rings. The summed E-state index contributed by atoms with van der Waals surface area (Å²) in [6.07, 6.45) is 6.32. The lowest BCUT2D eigenvalue weighted by Gasteiger charge is -2.25. The third-order valence-electron chi connectivity index (χ3n) is 3.16. The van der Waals surface area contributed by atoms with Crippen LogP contribution in [0.1, 0.15) is 5.56 Å². The van der Waals surface area contributed by atoms with Crippen LogP contribution < -0.4 is 0 Å². The van der Waals surface area contributed by atoms with Gasteiger partial charge in [0.05, 0.1) is 10.6 Å². The Balaban J connectivity index is 2.29. The maximum atomic E-state index is 12.2. The summed E-state index contributed by atoms with van der Waals surface area (Å²) in [5.74, 6) is -0.966. The third-order valence-corrected chi connectivity index (χ3v) is 4.47. The number of ether oxygens (including phenoxy) is 2. The summed E-state index contributed by atoms with van der Waals surface area (Å²) in [6.45, 7) is 1.89. The van der Waals surface area contributed by atoms with Gasteiger partial charge in [-0.15, -0.1) is 0 Å². The average Bonchev–Trinajstić information content (AvgIpc) is 2.48. The molecule has 0 amide bonds. The van der Waals surface area contributed by atoms with Crippen LogP contribution in [0.4, 0.5) is 0 Å². The predicted molar refractivity (Wildman–Crippen MR) is 80.8 cm³/mol. The molecule has 2 rings (SSSR count). The number of aryl methyl sites for hydroxylation is 1. The molecule has 0 bridgehead atoms. The van der Waals surface area contributed by atoms with Gasteiger partial charge in [-0.3, -0.25) is 0 Å². The largest absolute Gasteiger partial charge is 0.346 e. The molecule has 1 aliphatic carbocycles. The number of allylic oxidation sites excluding steroid dienone is 2. The molecule has 0 atom stereocenters. The minimum absolute atomic E-state index is 0.165. The summed E-state index contributed by atoms with van der Waals surface area (Å²) in [7, 11) is -0.717. The van der Waals surface area contributed by atoms with Crippen molar-refractivity contribution < 1.29 is 17.9 Å².